The highest BCUT2D eigenvalue weighted by Gasteiger charge is 2.32. The number of aryl methyl sites for hydroxylation is 3. The number of anilines is 1. The summed E-state index contributed by atoms with van der Waals surface area (Å²) in [7, 11) is -2.83. The Hall–Kier alpha value is -2.42. The van der Waals surface area contributed by atoms with Crippen LogP contribution in [-0.4, -0.2) is 35.8 Å². The van der Waals surface area contributed by atoms with Gasteiger partial charge in [0.1, 0.15) is 17.3 Å². The van der Waals surface area contributed by atoms with E-state index in [0.717, 1.165) is 6.07 Å². The van der Waals surface area contributed by atoms with Crippen LogP contribution in [0.15, 0.2) is 29.4 Å². The lowest BCUT2D eigenvalue weighted by Crippen LogP contribution is -2.36. The van der Waals surface area contributed by atoms with Gasteiger partial charge in [0.05, 0.1) is 11.9 Å². The first-order valence-corrected chi connectivity index (χ1v) is 8.07. The third kappa shape index (κ3) is 3.34. The standard InChI is InChI=1S/C14H16FN3O4S/c1-9-4-10(2)14(12(15)5-9)23(21,22)18(8-13(19)20)11-6-16-17(3)7-11/h4-7H,8H2,1-3H3,(H,19,20). The molecule has 0 fully saturated rings. The average molecular weight is 341 g/mol. The summed E-state index contributed by atoms with van der Waals surface area (Å²) in [5.41, 5.74) is 0.834. The Morgan fingerprint density at radius 1 is 1.39 bits per heavy atom. The monoisotopic (exact) mass is 341 g/mol. The smallest absolute Gasteiger partial charge is 0.324 e. The van der Waals surface area contributed by atoms with Crippen LogP contribution < -0.4 is 4.31 Å². The maximum absolute atomic E-state index is 14.3. The van der Waals surface area contributed by atoms with Gasteiger partial charge in [0, 0.05) is 13.2 Å². The van der Waals surface area contributed by atoms with Gasteiger partial charge < -0.3 is 5.11 Å². The van der Waals surface area contributed by atoms with Crippen LogP contribution in [0.5, 0.6) is 0 Å². The van der Waals surface area contributed by atoms with Crippen molar-refractivity contribution in [2.75, 3.05) is 10.8 Å². The van der Waals surface area contributed by atoms with E-state index in [-0.39, 0.29) is 11.3 Å². The molecule has 1 aromatic carbocycles. The lowest BCUT2D eigenvalue weighted by molar-refractivity contribution is -0.135. The van der Waals surface area contributed by atoms with Crippen molar-refractivity contribution in [3.8, 4) is 0 Å². The van der Waals surface area contributed by atoms with Crippen LogP contribution in [0, 0.1) is 19.7 Å². The number of hydrogen-bond donors (Lipinski definition) is 1. The number of benzene rings is 1. The number of halogens is 1. The number of nitrogens with zero attached hydrogens (tertiary/aromatic N) is 3. The average Bonchev–Trinajstić information content (AvgIpc) is 2.80. The fourth-order valence-electron chi connectivity index (χ4n) is 2.31. The normalized spacial score (nSPS) is 11.5. The van der Waals surface area contributed by atoms with Crippen molar-refractivity contribution in [1.29, 1.82) is 0 Å². The van der Waals surface area contributed by atoms with Gasteiger partial charge in [-0.1, -0.05) is 6.07 Å². The number of sulfonamides is 1. The second-order valence-electron chi connectivity index (χ2n) is 5.17. The van der Waals surface area contributed by atoms with Gasteiger partial charge >= 0.3 is 5.97 Å². The molecule has 23 heavy (non-hydrogen) atoms. The van der Waals surface area contributed by atoms with Crippen molar-refractivity contribution in [3.63, 3.8) is 0 Å². The van der Waals surface area contributed by atoms with E-state index in [0.29, 0.717) is 9.87 Å². The summed E-state index contributed by atoms with van der Waals surface area (Å²) < 4.78 is 41.8. The van der Waals surface area contributed by atoms with Crippen LogP contribution in [-0.2, 0) is 21.9 Å². The van der Waals surface area contributed by atoms with Crippen molar-refractivity contribution in [2.24, 2.45) is 7.05 Å². The second-order valence-corrected chi connectivity index (χ2v) is 6.97. The van der Waals surface area contributed by atoms with Gasteiger partial charge in [-0.2, -0.15) is 5.10 Å². The molecule has 0 saturated carbocycles. The molecule has 2 aromatic rings. The minimum Gasteiger partial charge on any atom is -0.480 e. The molecular formula is C14H16FN3O4S. The highest BCUT2D eigenvalue weighted by molar-refractivity contribution is 7.93. The molecule has 9 heteroatoms. The summed E-state index contributed by atoms with van der Waals surface area (Å²) in [6.07, 6.45) is 2.56. The van der Waals surface area contributed by atoms with Crippen LogP contribution in [0.2, 0.25) is 0 Å². The Kier molecular flexibility index (Phi) is 4.42. The lowest BCUT2D eigenvalue weighted by atomic mass is 10.1. The van der Waals surface area contributed by atoms with E-state index >= 15 is 0 Å². The molecule has 0 bridgehead atoms. The first kappa shape index (κ1) is 16.9. The van der Waals surface area contributed by atoms with Gasteiger partial charge in [-0.05, 0) is 31.0 Å². The number of carbonyl (C=O) groups is 1. The van der Waals surface area contributed by atoms with Gasteiger partial charge in [-0.25, -0.2) is 12.8 Å². The molecule has 124 valence electrons. The van der Waals surface area contributed by atoms with Crippen molar-refractivity contribution >= 4 is 21.7 Å². The molecule has 0 atom stereocenters. The topological polar surface area (TPSA) is 92.5 Å². The summed E-state index contributed by atoms with van der Waals surface area (Å²) in [6.45, 7) is 2.27. The fourth-order valence-corrected chi connectivity index (χ4v) is 3.96. The molecule has 2 rings (SSSR count). The summed E-state index contributed by atoms with van der Waals surface area (Å²) in [5, 5.41) is 12.9. The molecule has 0 aliphatic rings. The highest BCUT2D eigenvalue weighted by Crippen LogP contribution is 2.28. The van der Waals surface area contributed by atoms with E-state index in [1.54, 1.807) is 14.0 Å². The van der Waals surface area contributed by atoms with E-state index < -0.39 is 33.3 Å². The molecular weight excluding hydrogens is 325 g/mol. The third-order valence-corrected chi connectivity index (χ3v) is 5.13. The molecule has 1 aromatic heterocycles. The quantitative estimate of drug-likeness (QED) is 0.889. The van der Waals surface area contributed by atoms with Crippen molar-refractivity contribution in [3.05, 3.63) is 41.5 Å². The predicted octanol–water partition coefficient (Wildman–Crippen LogP) is 1.46. The first-order valence-electron chi connectivity index (χ1n) is 6.63. The van der Waals surface area contributed by atoms with Crippen LogP contribution >= 0.6 is 0 Å². The molecule has 0 aliphatic heterocycles. The van der Waals surface area contributed by atoms with E-state index in [9.17, 15) is 17.6 Å². The molecule has 0 amide bonds. The Morgan fingerprint density at radius 2 is 2.04 bits per heavy atom. The number of carboxylic acid groups (broad SMARTS) is 1. The van der Waals surface area contributed by atoms with Gasteiger partial charge in [0.2, 0.25) is 0 Å². The number of rotatable bonds is 5. The van der Waals surface area contributed by atoms with Gasteiger partial charge in [-0.15, -0.1) is 0 Å². The molecule has 0 unspecified atom stereocenters. The van der Waals surface area contributed by atoms with Crippen LogP contribution in [0.3, 0.4) is 0 Å². The van der Waals surface area contributed by atoms with Crippen molar-refractivity contribution < 1.29 is 22.7 Å². The molecule has 0 aliphatic carbocycles. The molecule has 1 heterocycles. The summed E-state index contributed by atoms with van der Waals surface area (Å²) >= 11 is 0. The Labute approximate surface area is 133 Å². The number of aromatic nitrogens is 2. The summed E-state index contributed by atoms with van der Waals surface area (Å²) in [4.78, 5) is 10.5. The van der Waals surface area contributed by atoms with Gasteiger partial charge in [-0.3, -0.25) is 13.8 Å². The zero-order valence-electron chi connectivity index (χ0n) is 12.8. The zero-order valence-corrected chi connectivity index (χ0v) is 13.6. The highest BCUT2D eigenvalue weighted by atomic mass is 32.2. The van der Waals surface area contributed by atoms with Crippen molar-refractivity contribution in [1.82, 2.24) is 9.78 Å². The number of carboxylic acids is 1. The molecule has 1 N–H and O–H groups in total. The van der Waals surface area contributed by atoms with E-state index in [1.165, 1.54) is 30.1 Å². The summed E-state index contributed by atoms with van der Waals surface area (Å²) in [5.74, 6) is -2.27. The Balaban J connectivity index is 2.64. The SMILES string of the molecule is Cc1cc(C)c(S(=O)(=O)N(CC(=O)O)c2cnn(C)c2)c(F)c1. The molecule has 0 spiro atoms. The van der Waals surface area contributed by atoms with Gasteiger partial charge in [0.15, 0.2) is 0 Å². The predicted molar refractivity (Wildman–Crippen MR) is 81.2 cm³/mol. The number of hydrogen-bond acceptors (Lipinski definition) is 4. The fraction of sp³-hybridized carbons (Fsp3) is 0.286. The van der Waals surface area contributed by atoms with Gasteiger partial charge in [0.25, 0.3) is 10.0 Å². The summed E-state index contributed by atoms with van der Waals surface area (Å²) in [6, 6.07) is 2.63. The Morgan fingerprint density at radius 3 is 2.52 bits per heavy atom. The number of aliphatic carboxylic acids is 1. The minimum atomic E-state index is -4.39. The molecule has 7 nitrogen and oxygen atoms in total. The second kappa shape index (κ2) is 5.99. The maximum Gasteiger partial charge on any atom is 0.324 e. The van der Waals surface area contributed by atoms with E-state index in [2.05, 4.69) is 5.10 Å². The van der Waals surface area contributed by atoms with Crippen LogP contribution in [0.25, 0.3) is 0 Å². The van der Waals surface area contributed by atoms with E-state index in [1.807, 2.05) is 0 Å². The maximum atomic E-state index is 14.3. The van der Waals surface area contributed by atoms with E-state index in [4.69, 9.17) is 5.11 Å². The Bertz CT molecular complexity index is 838. The largest absolute Gasteiger partial charge is 0.480 e. The third-order valence-electron chi connectivity index (χ3n) is 3.18. The minimum absolute atomic E-state index is 0.0503. The van der Waals surface area contributed by atoms with Crippen molar-refractivity contribution in [2.45, 2.75) is 18.7 Å². The van der Waals surface area contributed by atoms with Crippen LogP contribution in [0.4, 0.5) is 10.1 Å². The molecule has 0 saturated heterocycles. The first-order chi connectivity index (χ1) is 10.6. The lowest BCUT2D eigenvalue weighted by Gasteiger charge is -2.22. The van der Waals surface area contributed by atoms with Crippen LogP contribution in [0.1, 0.15) is 11.1 Å². The zero-order chi connectivity index (χ0) is 17.4. The molecule has 0 radical (unpaired) electrons.